The third-order valence-corrected chi connectivity index (χ3v) is 5.79. The molecule has 3 rings (SSSR count). The highest BCUT2D eigenvalue weighted by Crippen LogP contribution is 2.41. The maximum atomic E-state index is 12.8. The highest BCUT2D eigenvalue weighted by atomic mass is 32.2. The first kappa shape index (κ1) is 14.2. The van der Waals surface area contributed by atoms with Crippen LogP contribution < -0.4 is 5.32 Å². The molecule has 6 heteroatoms. The standard InChI is InChI=1S/C14H20N2O2S2/c1-20(18)9-7-16-12(11-4-8-19-10-11)15-14(13(16)17)5-2-3-6-14/h4,8,10,12,15H,2-3,5-7,9H2,1H3. The van der Waals surface area contributed by atoms with Crippen LogP contribution in [0.5, 0.6) is 0 Å². The number of carbonyl (C=O) groups excluding carboxylic acids is 1. The predicted molar refractivity (Wildman–Crippen MR) is 82.0 cm³/mol. The van der Waals surface area contributed by atoms with Crippen molar-refractivity contribution in [3.05, 3.63) is 22.4 Å². The summed E-state index contributed by atoms with van der Waals surface area (Å²) in [5.74, 6) is 0.751. The molecule has 0 aromatic carbocycles. The van der Waals surface area contributed by atoms with Gasteiger partial charge in [-0.3, -0.25) is 14.3 Å². The van der Waals surface area contributed by atoms with E-state index in [0.717, 1.165) is 31.2 Å². The van der Waals surface area contributed by atoms with Gasteiger partial charge in [0, 0.05) is 29.4 Å². The average Bonchev–Trinajstić information content (AvgIpc) is 3.13. The third-order valence-electron chi connectivity index (χ3n) is 4.33. The van der Waals surface area contributed by atoms with Crippen molar-refractivity contribution in [1.29, 1.82) is 0 Å². The molecule has 1 amide bonds. The topological polar surface area (TPSA) is 49.4 Å². The van der Waals surface area contributed by atoms with Gasteiger partial charge in [-0.1, -0.05) is 12.8 Å². The van der Waals surface area contributed by atoms with Gasteiger partial charge in [0.2, 0.25) is 5.91 Å². The Hall–Kier alpha value is -0.720. The number of rotatable bonds is 4. The van der Waals surface area contributed by atoms with Gasteiger partial charge >= 0.3 is 0 Å². The van der Waals surface area contributed by atoms with E-state index in [1.165, 1.54) is 0 Å². The van der Waals surface area contributed by atoms with Crippen molar-refractivity contribution in [2.24, 2.45) is 0 Å². The molecule has 20 heavy (non-hydrogen) atoms. The lowest BCUT2D eigenvalue weighted by atomic mass is 9.98. The number of amides is 1. The maximum Gasteiger partial charge on any atom is 0.244 e. The number of carbonyl (C=O) groups is 1. The van der Waals surface area contributed by atoms with Crippen LogP contribution in [0.4, 0.5) is 0 Å². The van der Waals surface area contributed by atoms with Crippen molar-refractivity contribution in [3.8, 4) is 0 Å². The fourth-order valence-electron chi connectivity index (χ4n) is 3.28. The lowest BCUT2D eigenvalue weighted by molar-refractivity contribution is -0.133. The summed E-state index contributed by atoms with van der Waals surface area (Å²) in [5.41, 5.74) is 0.788. The molecule has 4 nitrogen and oxygen atoms in total. The molecule has 1 N–H and O–H groups in total. The van der Waals surface area contributed by atoms with Crippen molar-refractivity contribution in [2.75, 3.05) is 18.6 Å². The fourth-order valence-corrected chi connectivity index (χ4v) is 4.41. The molecule has 1 spiro atoms. The van der Waals surface area contributed by atoms with Crippen LogP contribution in [0.25, 0.3) is 0 Å². The van der Waals surface area contributed by atoms with Gasteiger partial charge in [-0.25, -0.2) is 0 Å². The first-order valence-corrected chi connectivity index (χ1v) is 9.70. The first-order valence-electron chi connectivity index (χ1n) is 7.03. The number of hydrogen-bond donors (Lipinski definition) is 1. The van der Waals surface area contributed by atoms with Crippen molar-refractivity contribution in [3.63, 3.8) is 0 Å². The van der Waals surface area contributed by atoms with E-state index in [-0.39, 0.29) is 17.6 Å². The maximum absolute atomic E-state index is 12.8. The van der Waals surface area contributed by atoms with Crippen LogP contribution in [-0.2, 0) is 15.6 Å². The molecular weight excluding hydrogens is 292 g/mol. The lowest BCUT2D eigenvalue weighted by Gasteiger charge is -2.23. The molecule has 1 aromatic heterocycles. The highest BCUT2D eigenvalue weighted by molar-refractivity contribution is 7.84. The van der Waals surface area contributed by atoms with E-state index in [4.69, 9.17) is 0 Å². The Bertz CT molecular complexity index is 509. The van der Waals surface area contributed by atoms with E-state index in [1.807, 2.05) is 10.3 Å². The van der Waals surface area contributed by atoms with Crippen LogP contribution in [0.1, 0.15) is 37.4 Å². The van der Waals surface area contributed by atoms with Gasteiger partial charge in [0.05, 0.1) is 5.54 Å². The van der Waals surface area contributed by atoms with Crippen molar-refractivity contribution >= 4 is 28.0 Å². The van der Waals surface area contributed by atoms with Crippen LogP contribution in [0.3, 0.4) is 0 Å². The molecule has 0 radical (unpaired) electrons. The molecule has 2 fully saturated rings. The monoisotopic (exact) mass is 312 g/mol. The van der Waals surface area contributed by atoms with Gasteiger partial charge in [0.1, 0.15) is 6.17 Å². The van der Waals surface area contributed by atoms with Crippen molar-refractivity contribution < 1.29 is 9.00 Å². The molecule has 1 aromatic rings. The SMILES string of the molecule is CS(=O)CCN1C(=O)C2(CCCC2)NC1c1ccsc1. The summed E-state index contributed by atoms with van der Waals surface area (Å²) in [6, 6.07) is 2.07. The Labute approximate surface area is 126 Å². The third kappa shape index (κ3) is 2.44. The van der Waals surface area contributed by atoms with Gasteiger partial charge in [-0.2, -0.15) is 11.3 Å². The summed E-state index contributed by atoms with van der Waals surface area (Å²) in [6.45, 7) is 0.567. The van der Waals surface area contributed by atoms with Gasteiger partial charge in [-0.05, 0) is 35.2 Å². The summed E-state index contributed by atoms with van der Waals surface area (Å²) in [7, 11) is -0.870. The molecule has 2 unspecified atom stereocenters. The molecular formula is C14H20N2O2S2. The Morgan fingerprint density at radius 2 is 2.25 bits per heavy atom. The minimum Gasteiger partial charge on any atom is -0.320 e. The predicted octanol–water partition coefficient (Wildman–Crippen LogP) is 1.87. The molecule has 2 aliphatic rings. The van der Waals surface area contributed by atoms with Gasteiger partial charge in [0.25, 0.3) is 0 Å². The zero-order valence-corrected chi connectivity index (χ0v) is 13.3. The van der Waals surface area contributed by atoms with Crippen LogP contribution in [0.15, 0.2) is 16.8 Å². The van der Waals surface area contributed by atoms with Crippen LogP contribution in [0.2, 0.25) is 0 Å². The molecule has 0 bridgehead atoms. The zero-order valence-electron chi connectivity index (χ0n) is 11.6. The Morgan fingerprint density at radius 1 is 1.50 bits per heavy atom. The summed E-state index contributed by atoms with van der Waals surface area (Å²) >= 11 is 1.65. The number of nitrogens with one attached hydrogen (secondary N) is 1. The molecule has 2 heterocycles. The van der Waals surface area contributed by atoms with Gasteiger partial charge in [-0.15, -0.1) is 0 Å². The number of nitrogens with zero attached hydrogens (tertiary/aromatic N) is 1. The van der Waals surface area contributed by atoms with Crippen molar-refractivity contribution in [2.45, 2.75) is 37.4 Å². The highest BCUT2D eigenvalue weighted by Gasteiger charge is 2.52. The zero-order chi connectivity index (χ0) is 14.2. The second-order valence-electron chi connectivity index (χ2n) is 5.67. The van der Waals surface area contributed by atoms with Crippen molar-refractivity contribution in [1.82, 2.24) is 10.2 Å². The largest absolute Gasteiger partial charge is 0.320 e. The first-order chi connectivity index (χ1) is 9.62. The molecule has 1 saturated heterocycles. The summed E-state index contributed by atoms with van der Waals surface area (Å²) < 4.78 is 11.4. The molecule has 110 valence electrons. The number of hydrogen-bond acceptors (Lipinski definition) is 4. The molecule has 1 aliphatic heterocycles. The Kier molecular flexibility index (Phi) is 3.97. The van der Waals surface area contributed by atoms with Gasteiger partial charge in [0.15, 0.2) is 0 Å². The number of thiophene rings is 1. The Balaban J connectivity index is 1.86. The van der Waals surface area contributed by atoms with Crippen LogP contribution in [-0.4, -0.2) is 39.1 Å². The minimum atomic E-state index is -0.870. The fraction of sp³-hybridized carbons (Fsp3) is 0.643. The Morgan fingerprint density at radius 3 is 2.85 bits per heavy atom. The summed E-state index contributed by atoms with van der Waals surface area (Å²) in [4.78, 5) is 14.7. The molecule has 1 saturated carbocycles. The smallest absolute Gasteiger partial charge is 0.244 e. The molecule has 2 atom stereocenters. The van der Waals surface area contributed by atoms with Gasteiger partial charge < -0.3 is 4.90 Å². The van der Waals surface area contributed by atoms with Crippen LogP contribution in [0, 0.1) is 0 Å². The second-order valence-corrected chi connectivity index (χ2v) is 8.00. The lowest BCUT2D eigenvalue weighted by Crippen LogP contribution is -2.44. The van der Waals surface area contributed by atoms with E-state index in [9.17, 15) is 9.00 Å². The second kappa shape index (κ2) is 5.58. The van der Waals surface area contributed by atoms with E-state index in [2.05, 4.69) is 16.8 Å². The molecule has 1 aliphatic carbocycles. The normalized spacial score (nSPS) is 26.6. The summed E-state index contributed by atoms with van der Waals surface area (Å²) in [6.07, 6.45) is 5.73. The van der Waals surface area contributed by atoms with Crippen LogP contribution >= 0.6 is 11.3 Å². The van der Waals surface area contributed by atoms with E-state index in [0.29, 0.717) is 12.3 Å². The van der Waals surface area contributed by atoms with E-state index in [1.54, 1.807) is 17.6 Å². The quantitative estimate of drug-likeness (QED) is 0.923. The average molecular weight is 312 g/mol. The van der Waals surface area contributed by atoms with E-state index < -0.39 is 10.8 Å². The van der Waals surface area contributed by atoms with E-state index >= 15 is 0 Å². The minimum absolute atomic E-state index is 0.0459. The summed E-state index contributed by atoms with van der Waals surface area (Å²) in [5, 5.41) is 7.71.